The van der Waals surface area contributed by atoms with Gasteiger partial charge in [0.25, 0.3) is 0 Å². The van der Waals surface area contributed by atoms with Gasteiger partial charge in [-0.2, -0.15) is 0 Å². The maximum Gasteiger partial charge on any atom is 0.472 e. The van der Waals surface area contributed by atoms with Gasteiger partial charge < -0.3 is 33.8 Å². The molecule has 0 saturated heterocycles. The van der Waals surface area contributed by atoms with E-state index < -0.39 is 97.5 Å². The van der Waals surface area contributed by atoms with E-state index in [-0.39, 0.29) is 25.7 Å². The van der Waals surface area contributed by atoms with E-state index in [1.807, 2.05) is 0 Å². The van der Waals surface area contributed by atoms with E-state index >= 15 is 0 Å². The van der Waals surface area contributed by atoms with E-state index in [9.17, 15) is 43.2 Å². The lowest BCUT2D eigenvalue weighted by molar-refractivity contribution is -0.161. The molecule has 0 aliphatic heterocycles. The lowest BCUT2D eigenvalue weighted by Gasteiger charge is -2.21. The molecule has 0 aromatic heterocycles. The SMILES string of the molecule is CCC(C)CCCCCCCCCCCCC(=O)O[C@H](COC(=O)CCCCCCCCC(C)CC)COP(=O)(O)OC[C@H](O)COP(=O)(O)OC[C@@H](COC(=O)CCCCCCCCCCCCCCCCCCCCC(C)C)OC(=O)CCCCCCCCCCCCCCCCCCC(C)C. The number of phosphoric acid groups is 2. The molecule has 0 amide bonds. The summed E-state index contributed by atoms with van der Waals surface area (Å²) in [4.78, 5) is 73.2. The lowest BCUT2D eigenvalue weighted by Crippen LogP contribution is -2.30. The van der Waals surface area contributed by atoms with E-state index in [0.29, 0.717) is 25.7 Å². The first-order chi connectivity index (χ1) is 50.2. The van der Waals surface area contributed by atoms with Crippen LogP contribution in [0, 0.1) is 23.7 Å². The topological polar surface area (TPSA) is 237 Å². The second-order valence-corrected chi connectivity index (χ2v) is 34.9. The molecule has 0 radical (unpaired) electrons. The summed E-state index contributed by atoms with van der Waals surface area (Å²) in [7, 11) is -9.93. The molecule has 7 atom stereocenters. The van der Waals surface area contributed by atoms with Gasteiger partial charge in [0, 0.05) is 25.7 Å². The molecule has 0 aromatic carbocycles. The maximum absolute atomic E-state index is 13.1. The van der Waals surface area contributed by atoms with Crippen LogP contribution in [0.4, 0.5) is 0 Å². The fourth-order valence-corrected chi connectivity index (χ4v) is 14.7. The van der Waals surface area contributed by atoms with Gasteiger partial charge >= 0.3 is 39.5 Å². The second-order valence-electron chi connectivity index (χ2n) is 32.0. The highest BCUT2D eigenvalue weighted by Gasteiger charge is 2.30. The molecule has 618 valence electrons. The van der Waals surface area contributed by atoms with Gasteiger partial charge in [-0.25, -0.2) is 9.13 Å². The monoisotopic (exact) mass is 1520 g/mol. The predicted octanol–water partition coefficient (Wildman–Crippen LogP) is 25.6. The summed E-state index contributed by atoms with van der Waals surface area (Å²) in [5.74, 6) is 1.06. The Bertz CT molecular complexity index is 2030. The van der Waals surface area contributed by atoms with Gasteiger partial charge in [-0.1, -0.05) is 389 Å². The number of ether oxygens (including phenoxy) is 4. The molecule has 4 unspecified atom stereocenters. The zero-order valence-electron chi connectivity index (χ0n) is 68.7. The maximum atomic E-state index is 13.1. The summed E-state index contributed by atoms with van der Waals surface area (Å²) >= 11 is 0. The average Bonchev–Trinajstić information content (AvgIpc) is 0.910. The molecule has 0 bridgehead atoms. The van der Waals surface area contributed by atoms with Crippen LogP contribution in [-0.2, 0) is 65.4 Å². The van der Waals surface area contributed by atoms with E-state index in [1.54, 1.807) is 0 Å². The Kier molecular flexibility index (Phi) is 72.5. The molecular weight excluding hydrogens is 1350 g/mol. The molecule has 17 nitrogen and oxygen atoms in total. The van der Waals surface area contributed by atoms with Crippen molar-refractivity contribution in [3.8, 4) is 0 Å². The standard InChI is InChI=1S/C85H166O17P2/c1-9-77(7)63-55-47-39-33-29-30-36-42-52-60-68-85(90)102-81(72-96-83(88)66-58-50-44-43-48-56-64-78(8)10-2)74-100-104(93,94)98-70-79(86)69-97-103(91,92)99-73-80(101-84(89)67-59-51-41-35-28-24-20-16-15-18-22-26-32-38-46-54-62-76(5)6)71-95-82(87)65-57-49-40-34-27-23-19-14-12-11-13-17-21-25-31-37-45-53-61-75(3)4/h75-81,86H,9-74H2,1-8H3,(H,91,92)(H,93,94)/t77?,78?,79-,80-,81-/m1/s1. The van der Waals surface area contributed by atoms with Crippen LogP contribution in [0.25, 0.3) is 0 Å². The molecule has 0 spiro atoms. The number of hydrogen-bond donors (Lipinski definition) is 3. The Balaban J connectivity index is 5.23. The third-order valence-corrected chi connectivity index (χ3v) is 22.4. The van der Waals surface area contributed by atoms with Crippen molar-refractivity contribution >= 4 is 39.5 Å². The lowest BCUT2D eigenvalue weighted by atomic mass is 9.99. The summed E-state index contributed by atoms with van der Waals surface area (Å²) in [6, 6.07) is 0. The molecule has 0 fully saturated rings. The Morgan fingerprint density at radius 3 is 0.683 bits per heavy atom. The van der Waals surface area contributed by atoms with Crippen molar-refractivity contribution in [3.05, 3.63) is 0 Å². The van der Waals surface area contributed by atoms with Crippen molar-refractivity contribution in [1.82, 2.24) is 0 Å². The van der Waals surface area contributed by atoms with Crippen LogP contribution >= 0.6 is 15.6 Å². The highest BCUT2D eigenvalue weighted by atomic mass is 31.2. The zero-order chi connectivity index (χ0) is 76.7. The van der Waals surface area contributed by atoms with Crippen molar-refractivity contribution < 1.29 is 80.2 Å². The third kappa shape index (κ3) is 75.5. The number of aliphatic hydroxyl groups excluding tert-OH is 1. The van der Waals surface area contributed by atoms with Crippen molar-refractivity contribution in [3.63, 3.8) is 0 Å². The van der Waals surface area contributed by atoms with Crippen molar-refractivity contribution in [2.45, 2.75) is 459 Å². The third-order valence-electron chi connectivity index (χ3n) is 20.5. The summed E-state index contributed by atoms with van der Waals surface area (Å²) in [6.45, 7) is 14.3. The first-order valence-corrected chi connectivity index (χ1v) is 46.8. The van der Waals surface area contributed by atoms with Crippen LogP contribution in [-0.4, -0.2) is 96.7 Å². The van der Waals surface area contributed by atoms with Gasteiger partial charge in [-0.15, -0.1) is 0 Å². The molecule has 0 aliphatic carbocycles. The van der Waals surface area contributed by atoms with Crippen LogP contribution in [0.3, 0.4) is 0 Å². The molecule has 0 aromatic rings. The molecule has 0 saturated carbocycles. The fraction of sp³-hybridized carbons (Fsp3) is 0.953. The highest BCUT2D eigenvalue weighted by molar-refractivity contribution is 7.47. The number of hydrogen-bond acceptors (Lipinski definition) is 15. The van der Waals surface area contributed by atoms with E-state index in [2.05, 4.69) is 55.4 Å². The minimum Gasteiger partial charge on any atom is -0.462 e. The second kappa shape index (κ2) is 73.8. The Morgan fingerprint density at radius 1 is 0.269 bits per heavy atom. The predicted molar refractivity (Wildman–Crippen MR) is 428 cm³/mol. The minimum absolute atomic E-state index is 0.105. The molecular formula is C85H166O17P2. The largest absolute Gasteiger partial charge is 0.472 e. The van der Waals surface area contributed by atoms with Crippen molar-refractivity contribution in [2.75, 3.05) is 39.6 Å². The first-order valence-electron chi connectivity index (χ1n) is 43.8. The number of aliphatic hydroxyl groups is 1. The average molecular weight is 1520 g/mol. The summed E-state index contributed by atoms with van der Waals surface area (Å²) in [5, 5.41) is 10.7. The van der Waals surface area contributed by atoms with Crippen LogP contribution in [0.2, 0.25) is 0 Å². The minimum atomic E-state index is -4.97. The Labute approximate surface area is 638 Å². The van der Waals surface area contributed by atoms with E-state index in [4.69, 9.17) is 37.0 Å². The highest BCUT2D eigenvalue weighted by Crippen LogP contribution is 2.45. The van der Waals surface area contributed by atoms with Crippen molar-refractivity contribution in [2.24, 2.45) is 23.7 Å². The fourth-order valence-electron chi connectivity index (χ4n) is 13.1. The molecule has 0 aliphatic rings. The van der Waals surface area contributed by atoms with Gasteiger partial charge in [0.2, 0.25) is 0 Å². The first kappa shape index (κ1) is 102. The number of phosphoric ester groups is 2. The Hall–Kier alpha value is -1.94. The van der Waals surface area contributed by atoms with E-state index in [1.165, 1.54) is 238 Å². The number of carbonyl (C=O) groups excluding carboxylic acids is 4. The van der Waals surface area contributed by atoms with Crippen molar-refractivity contribution in [1.29, 1.82) is 0 Å². The summed E-state index contributed by atoms with van der Waals surface area (Å²) in [5.41, 5.74) is 0. The normalized spacial score (nSPS) is 14.5. The van der Waals surface area contributed by atoms with Crippen LogP contribution in [0.5, 0.6) is 0 Å². The molecule has 104 heavy (non-hydrogen) atoms. The van der Waals surface area contributed by atoms with Gasteiger partial charge in [-0.05, 0) is 49.4 Å². The molecule has 19 heteroatoms. The number of carbonyl (C=O) groups is 4. The summed E-state index contributed by atoms with van der Waals surface area (Å²) < 4.78 is 68.8. The number of esters is 4. The van der Waals surface area contributed by atoms with Gasteiger partial charge in [0.15, 0.2) is 12.2 Å². The van der Waals surface area contributed by atoms with Gasteiger partial charge in [-0.3, -0.25) is 37.3 Å². The molecule has 0 rings (SSSR count). The van der Waals surface area contributed by atoms with Crippen LogP contribution in [0.15, 0.2) is 0 Å². The zero-order valence-corrected chi connectivity index (χ0v) is 70.5. The van der Waals surface area contributed by atoms with Crippen LogP contribution < -0.4 is 0 Å². The van der Waals surface area contributed by atoms with Gasteiger partial charge in [0.1, 0.15) is 19.3 Å². The smallest absolute Gasteiger partial charge is 0.462 e. The quantitative estimate of drug-likeness (QED) is 0.0222. The number of unbranched alkanes of at least 4 members (excludes halogenated alkanes) is 46. The molecule has 0 heterocycles. The Morgan fingerprint density at radius 2 is 0.462 bits per heavy atom. The molecule has 3 N–H and O–H groups in total. The van der Waals surface area contributed by atoms with E-state index in [0.717, 1.165) is 120 Å². The number of rotatable bonds is 82. The van der Waals surface area contributed by atoms with Gasteiger partial charge in [0.05, 0.1) is 26.4 Å². The van der Waals surface area contributed by atoms with Crippen LogP contribution in [0.1, 0.15) is 441 Å². The summed E-state index contributed by atoms with van der Waals surface area (Å²) in [6.07, 6.45) is 62.5.